The van der Waals surface area contributed by atoms with Crippen molar-refractivity contribution < 1.29 is 28.9 Å². The Morgan fingerprint density at radius 3 is 2.21 bits per heavy atom. The summed E-state index contributed by atoms with van der Waals surface area (Å²) in [5.41, 5.74) is 2.46. The fourth-order valence-corrected chi connectivity index (χ4v) is 3.05. The first-order valence-corrected chi connectivity index (χ1v) is 10.2. The van der Waals surface area contributed by atoms with Crippen LogP contribution >= 0.6 is 0 Å². The fraction of sp³-hybridized carbons (Fsp3) is 0.160. The Labute approximate surface area is 197 Å². The van der Waals surface area contributed by atoms with Gasteiger partial charge >= 0.3 is 0 Å². The highest BCUT2D eigenvalue weighted by Gasteiger charge is 2.12. The first-order chi connectivity index (χ1) is 16.4. The normalized spacial score (nSPS) is 10.6. The van der Waals surface area contributed by atoms with Crippen LogP contribution in [0.2, 0.25) is 0 Å². The van der Waals surface area contributed by atoms with Gasteiger partial charge in [0.25, 0.3) is 5.91 Å². The zero-order chi connectivity index (χ0) is 24.5. The molecule has 1 heterocycles. The number of anilines is 1. The number of hydrogen-bond acceptors (Lipinski definition) is 7. The van der Waals surface area contributed by atoms with Crippen LogP contribution in [-0.4, -0.2) is 43.2 Å². The van der Waals surface area contributed by atoms with E-state index in [9.17, 15) is 14.7 Å². The summed E-state index contributed by atoms with van der Waals surface area (Å²) in [6, 6.07) is 13.3. The van der Waals surface area contributed by atoms with Crippen LogP contribution in [0.5, 0.6) is 23.1 Å². The van der Waals surface area contributed by atoms with E-state index < -0.39 is 0 Å². The second-order valence-corrected chi connectivity index (χ2v) is 7.07. The van der Waals surface area contributed by atoms with Crippen LogP contribution in [0.3, 0.4) is 0 Å². The second kappa shape index (κ2) is 11.4. The number of nitrogens with one attached hydrogen (secondary N) is 2. The SMILES string of the molecule is COc1cc(C=CC(=O)NCc2ccc(C(=O)Nc3ccc(O)nc3)cc2)cc(OC)c1OC. The molecule has 0 radical (unpaired) electrons. The highest BCUT2D eigenvalue weighted by Crippen LogP contribution is 2.38. The summed E-state index contributed by atoms with van der Waals surface area (Å²) in [5, 5.41) is 14.7. The van der Waals surface area contributed by atoms with E-state index in [0.29, 0.717) is 40.6 Å². The largest absolute Gasteiger partial charge is 0.493 e. The number of carbonyl (C=O) groups is 2. The minimum Gasteiger partial charge on any atom is -0.493 e. The van der Waals surface area contributed by atoms with Crippen molar-refractivity contribution in [2.45, 2.75) is 6.54 Å². The molecule has 0 saturated heterocycles. The van der Waals surface area contributed by atoms with Crippen LogP contribution in [0.4, 0.5) is 5.69 Å². The standard InChI is InChI=1S/C25H25N3O6/c1-32-20-12-17(13-21(33-2)24(20)34-3)6-10-22(29)26-14-16-4-7-18(8-5-16)25(31)28-19-9-11-23(30)27-15-19/h4-13,15H,14H2,1-3H3,(H,26,29)(H,27,30)(H,28,31). The second-order valence-electron chi connectivity index (χ2n) is 7.07. The summed E-state index contributed by atoms with van der Waals surface area (Å²) in [6.45, 7) is 0.294. The fourth-order valence-electron chi connectivity index (χ4n) is 3.05. The molecule has 0 spiro atoms. The molecule has 3 N–H and O–H groups in total. The molecule has 0 atom stereocenters. The number of benzene rings is 2. The van der Waals surface area contributed by atoms with Gasteiger partial charge in [-0.3, -0.25) is 9.59 Å². The third-order valence-corrected chi connectivity index (χ3v) is 4.80. The Hall–Kier alpha value is -4.53. The van der Waals surface area contributed by atoms with Crippen molar-refractivity contribution >= 4 is 23.6 Å². The molecule has 0 aliphatic heterocycles. The number of methoxy groups -OCH3 is 3. The van der Waals surface area contributed by atoms with E-state index in [1.165, 1.54) is 39.7 Å². The van der Waals surface area contributed by atoms with Gasteiger partial charge in [-0.15, -0.1) is 0 Å². The number of nitrogens with zero attached hydrogens (tertiary/aromatic N) is 1. The topological polar surface area (TPSA) is 119 Å². The Bertz CT molecular complexity index is 1150. The number of ether oxygens (including phenoxy) is 3. The van der Waals surface area contributed by atoms with E-state index in [2.05, 4.69) is 15.6 Å². The number of rotatable bonds is 9. The Kier molecular flexibility index (Phi) is 8.07. The molecule has 3 aromatic rings. The van der Waals surface area contributed by atoms with E-state index in [1.54, 1.807) is 48.5 Å². The number of pyridine rings is 1. The highest BCUT2D eigenvalue weighted by molar-refractivity contribution is 6.04. The number of amides is 2. The third-order valence-electron chi connectivity index (χ3n) is 4.80. The predicted molar refractivity (Wildman–Crippen MR) is 127 cm³/mol. The molecule has 9 heteroatoms. The molecule has 0 aliphatic carbocycles. The Morgan fingerprint density at radius 2 is 1.65 bits per heavy atom. The van der Waals surface area contributed by atoms with E-state index in [1.807, 2.05) is 0 Å². The molecular formula is C25H25N3O6. The van der Waals surface area contributed by atoms with Crippen LogP contribution in [0.25, 0.3) is 6.08 Å². The zero-order valence-electron chi connectivity index (χ0n) is 19.0. The van der Waals surface area contributed by atoms with Gasteiger partial charge in [0.1, 0.15) is 0 Å². The lowest BCUT2D eigenvalue weighted by molar-refractivity contribution is -0.116. The van der Waals surface area contributed by atoms with Crippen LogP contribution < -0.4 is 24.8 Å². The smallest absolute Gasteiger partial charge is 0.255 e. The van der Waals surface area contributed by atoms with Gasteiger partial charge in [0.15, 0.2) is 11.5 Å². The van der Waals surface area contributed by atoms with Gasteiger partial charge in [-0.25, -0.2) is 4.98 Å². The zero-order valence-corrected chi connectivity index (χ0v) is 19.0. The minimum atomic E-state index is -0.309. The number of aromatic hydroxyl groups is 1. The quantitative estimate of drug-likeness (QED) is 0.416. The van der Waals surface area contributed by atoms with E-state index in [-0.39, 0.29) is 17.7 Å². The first kappa shape index (κ1) is 24.1. The monoisotopic (exact) mass is 463 g/mol. The molecule has 176 valence electrons. The predicted octanol–water partition coefficient (Wildman–Crippen LogP) is 3.39. The minimum absolute atomic E-state index is 0.123. The lowest BCUT2D eigenvalue weighted by atomic mass is 10.1. The number of aromatic nitrogens is 1. The molecule has 3 rings (SSSR count). The summed E-state index contributed by atoms with van der Waals surface area (Å²) in [4.78, 5) is 28.3. The summed E-state index contributed by atoms with van der Waals surface area (Å²) in [5.74, 6) is 0.748. The van der Waals surface area contributed by atoms with Gasteiger partial charge in [0.2, 0.25) is 17.5 Å². The molecule has 9 nitrogen and oxygen atoms in total. The van der Waals surface area contributed by atoms with E-state index >= 15 is 0 Å². The molecule has 0 aliphatic rings. The maximum Gasteiger partial charge on any atom is 0.255 e. The Balaban J connectivity index is 1.56. The van der Waals surface area contributed by atoms with Crippen molar-refractivity contribution in [2.24, 2.45) is 0 Å². The molecule has 0 unspecified atom stereocenters. The molecule has 0 saturated carbocycles. The van der Waals surface area contributed by atoms with Gasteiger partial charge in [-0.1, -0.05) is 12.1 Å². The van der Waals surface area contributed by atoms with Crippen molar-refractivity contribution in [1.29, 1.82) is 0 Å². The van der Waals surface area contributed by atoms with Gasteiger partial charge in [0, 0.05) is 24.3 Å². The highest BCUT2D eigenvalue weighted by atomic mass is 16.5. The maximum absolute atomic E-state index is 12.3. The summed E-state index contributed by atoms with van der Waals surface area (Å²) in [6.07, 6.45) is 4.42. The summed E-state index contributed by atoms with van der Waals surface area (Å²) < 4.78 is 15.9. The number of carbonyl (C=O) groups excluding carboxylic acids is 2. The average Bonchev–Trinajstić information content (AvgIpc) is 2.87. The lowest BCUT2D eigenvalue weighted by Crippen LogP contribution is -2.20. The van der Waals surface area contributed by atoms with Gasteiger partial charge in [0.05, 0.1) is 33.2 Å². The van der Waals surface area contributed by atoms with E-state index in [4.69, 9.17) is 14.2 Å². The van der Waals surface area contributed by atoms with Crippen molar-refractivity contribution in [3.63, 3.8) is 0 Å². The lowest BCUT2D eigenvalue weighted by Gasteiger charge is -2.12. The summed E-state index contributed by atoms with van der Waals surface area (Å²) >= 11 is 0. The maximum atomic E-state index is 12.3. The van der Waals surface area contributed by atoms with Crippen molar-refractivity contribution in [1.82, 2.24) is 10.3 Å². The van der Waals surface area contributed by atoms with Crippen LogP contribution in [0.1, 0.15) is 21.5 Å². The van der Waals surface area contributed by atoms with Gasteiger partial charge < -0.3 is 30.0 Å². The van der Waals surface area contributed by atoms with Crippen LogP contribution in [0.15, 0.2) is 60.8 Å². The van der Waals surface area contributed by atoms with Crippen LogP contribution in [-0.2, 0) is 11.3 Å². The van der Waals surface area contributed by atoms with Crippen molar-refractivity contribution in [3.8, 4) is 23.1 Å². The van der Waals surface area contributed by atoms with Gasteiger partial charge in [-0.2, -0.15) is 0 Å². The Morgan fingerprint density at radius 1 is 0.971 bits per heavy atom. The molecule has 0 bridgehead atoms. The van der Waals surface area contributed by atoms with Crippen LogP contribution in [0, 0.1) is 0 Å². The number of hydrogen-bond donors (Lipinski definition) is 3. The molecule has 1 aromatic heterocycles. The average molecular weight is 463 g/mol. The van der Waals surface area contributed by atoms with Crippen molar-refractivity contribution in [3.05, 3.63) is 77.5 Å². The molecule has 0 fully saturated rings. The van der Waals surface area contributed by atoms with E-state index in [0.717, 1.165) is 5.56 Å². The van der Waals surface area contributed by atoms with Crippen molar-refractivity contribution in [2.75, 3.05) is 26.6 Å². The molecule has 2 aromatic carbocycles. The molecular weight excluding hydrogens is 438 g/mol. The third kappa shape index (κ3) is 6.26. The first-order valence-electron chi connectivity index (χ1n) is 10.2. The molecule has 34 heavy (non-hydrogen) atoms. The molecule has 2 amide bonds. The summed E-state index contributed by atoms with van der Waals surface area (Å²) in [7, 11) is 4.57. The van der Waals surface area contributed by atoms with Gasteiger partial charge in [-0.05, 0) is 47.5 Å².